The van der Waals surface area contributed by atoms with Crippen molar-refractivity contribution in [2.75, 3.05) is 13.1 Å². The van der Waals surface area contributed by atoms with Crippen molar-refractivity contribution in [3.05, 3.63) is 53.1 Å². The molecule has 0 spiro atoms. The molecule has 0 bridgehead atoms. The largest absolute Gasteiger partial charge is 0.390 e. The zero-order chi connectivity index (χ0) is 20.6. The molecule has 29 heavy (non-hydrogen) atoms. The maximum atomic E-state index is 13.2. The molecule has 1 aromatic heterocycles. The molecule has 0 saturated carbocycles. The summed E-state index contributed by atoms with van der Waals surface area (Å²) in [6.07, 6.45) is 1.04. The highest BCUT2D eigenvalue weighted by molar-refractivity contribution is 7.89. The second kappa shape index (κ2) is 7.93. The van der Waals surface area contributed by atoms with E-state index in [1.165, 1.54) is 4.85 Å². The molecule has 2 aromatic carbocycles. The van der Waals surface area contributed by atoms with Gasteiger partial charge in [-0.1, -0.05) is 42.4 Å². The summed E-state index contributed by atoms with van der Waals surface area (Å²) in [4.78, 5) is 7.22. The number of piperidine rings is 1. The van der Waals surface area contributed by atoms with Crippen LogP contribution >= 0.6 is 11.6 Å². The molecule has 2 unspecified atom stereocenters. The first-order valence-corrected chi connectivity index (χ1v) is 11.4. The van der Waals surface area contributed by atoms with Gasteiger partial charge < -0.3 is 4.84 Å². The summed E-state index contributed by atoms with van der Waals surface area (Å²) in [6.45, 7) is 5.51. The molecule has 0 aliphatic carbocycles. The minimum atomic E-state index is -3.59. The Balaban J connectivity index is 1.60. The molecule has 1 aliphatic heterocycles. The molecule has 2 atom stereocenters. The summed E-state index contributed by atoms with van der Waals surface area (Å²) in [6, 6.07) is 12.1. The summed E-state index contributed by atoms with van der Waals surface area (Å²) in [5.74, 6) is 0.680. The Morgan fingerprint density at radius 2 is 1.79 bits per heavy atom. The van der Waals surface area contributed by atoms with E-state index in [4.69, 9.17) is 16.4 Å². The van der Waals surface area contributed by atoms with Gasteiger partial charge in [0, 0.05) is 18.1 Å². The van der Waals surface area contributed by atoms with Gasteiger partial charge in [-0.2, -0.15) is 4.31 Å². The SMILES string of the molecule is CC1CC(C)CN(S(=O)(=O)c2ccc3nnn(OCc4ccc(Cl)cc4)c3c2)C1. The zero-order valence-corrected chi connectivity index (χ0v) is 17.9. The Labute approximate surface area is 175 Å². The van der Waals surface area contributed by atoms with E-state index in [2.05, 4.69) is 24.2 Å². The van der Waals surface area contributed by atoms with Crippen LogP contribution in [-0.4, -0.2) is 41.0 Å². The summed E-state index contributed by atoms with van der Waals surface area (Å²) >= 11 is 5.90. The number of nitrogens with zero attached hydrogens (tertiary/aromatic N) is 4. The van der Waals surface area contributed by atoms with Crippen molar-refractivity contribution in [3.8, 4) is 0 Å². The topological polar surface area (TPSA) is 77.3 Å². The first kappa shape index (κ1) is 20.1. The third-order valence-electron chi connectivity index (χ3n) is 5.13. The van der Waals surface area contributed by atoms with Gasteiger partial charge in [-0.3, -0.25) is 0 Å². The van der Waals surface area contributed by atoms with Crippen LogP contribution in [0.15, 0.2) is 47.4 Å². The van der Waals surface area contributed by atoms with Crippen molar-refractivity contribution >= 4 is 32.7 Å². The van der Waals surface area contributed by atoms with Crippen LogP contribution in [0.4, 0.5) is 0 Å². The maximum absolute atomic E-state index is 13.2. The molecular weight excluding hydrogens is 412 g/mol. The molecule has 0 N–H and O–H groups in total. The molecular formula is C20H23ClN4O3S. The summed E-state index contributed by atoms with van der Waals surface area (Å²) < 4.78 is 28.0. The van der Waals surface area contributed by atoms with Gasteiger partial charge in [0.15, 0.2) is 0 Å². The predicted molar refractivity (Wildman–Crippen MR) is 111 cm³/mol. The Hall–Kier alpha value is -2.16. The highest BCUT2D eigenvalue weighted by Gasteiger charge is 2.32. The van der Waals surface area contributed by atoms with Gasteiger partial charge in [0.25, 0.3) is 0 Å². The molecule has 9 heteroatoms. The van der Waals surface area contributed by atoms with Gasteiger partial charge in [0.05, 0.1) is 4.90 Å². The standard InChI is InChI=1S/C20H23ClN4O3S/c1-14-9-15(2)12-24(11-14)29(26,27)18-7-8-19-20(10-18)25(23-22-19)28-13-16-3-5-17(21)6-4-16/h3-8,10,14-15H,9,11-13H2,1-2H3. The Morgan fingerprint density at radius 3 is 2.48 bits per heavy atom. The summed E-state index contributed by atoms with van der Waals surface area (Å²) in [5, 5.41) is 8.71. The van der Waals surface area contributed by atoms with E-state index < -0.39 is 10.0 Å². The molecule has 2 heterocycles. The maximum Gasteiger partial charge on any atom is 0.243 e. The predicted octanol–water partition coefficient (Wildman–Crippen LogP) is 3.38. The number of rotatable bonds is 5. The third kappa shape index (κ3) is 4.24. The summed E-state index contributed by atoms with van der Waals surface area (Å²) in [7, 11) is -3.59. The lowest BCUT2D eigenvalue weighted by Crippen LogP contribution is -2.42. The molecule has 1 fully saturated rings. The molecule has 1 aliphatic rings. The van der Waals surface area contributed by atoms with E-state index in [9.17, 15) is 8.42 Å². The van der Waals surface area contributed by atoms with Crippen LogP contribution in [0.25, 0.3) is 11.0 Å². The van der Waals surface area contributed by atoms with Gasteiger partial charge in [0.1, 0.15) is 17.6 Å². The van der Waals surface area contributed by atoms with Gasteiger partial charge >= 0.3 is 0 Å². The van der Waals surface area contributed by atoms with Gasteiger partial charge in [-0.25, -0.2) is 8.42 Å². The first-order valence-electron chi connectivity index (χ1n) is 9.56. The number of hydrogen-bond acceptors (Lipinski definition) is 5. The van der Waals surface area contributed by atoms with Gasteiger partial charge in [-0.15, -0.1) is 5.10 Å². The minimum Gasteiger partial charge on any atom is -0.390 e. The van der Waals surface area contributed by atoms with E-state index in [1.54, 1.807) is 34.6 Å². The van der Waals surface area contributed by atoms with Crippen LogP contribution < -0.4 is 4.84 Å². The number of hydrogen-bond donors (Lipinski definition) is 0. The van der Waals surface area contributed by atoms with Gasteiger partial charge in [-0.05, 0) is 59.4 Å². The number of fused-ring (bicyclic) bond motifs is 1. The number of benzene rings is 2. The van der Waals surface area contributed by atoms with E-state index in [0.717, 1.165) is 12.0 Å². The average Bonchev–Trinajstić information content (AvgIpc) is 3.09. The molecule has 3 aromatic rings. The average molecular weight is 435 g/mol. The number of halogens is 1. The number of sulfonamides is 1. The molecule has 0 radical (unpaired) electrons. The van der Waals surface area contributed by atoms with E-state index >= 15 is 0 Å². The van der Waals surface area contributed by atoms with Gasteiger partial charge in [0.2, 0.25) is 10.0 Å². The highest BCUT2D eigenvalue weighted by Crippen LogP contribution is 2.27. The van der Waals surface area contributed by atoms with E-state index in [-0.39, 0.29) is 11.5 Å². The second-order valence-corrected chi connectivity index (χ2v) is 10.2. The lowest BCUT2D eigenvalue weighted by atomic mass is 9.94. The number of aromatic nitrogens is 3. The lowest BCUT2D eigenvalue weighted by molar-refractivity contribution is 0.0751. The van der Waals surface area contributed by atoms with Crippen LogP contribution in [0.3, 0.4) is 0 Å². The summed E-state index contributed by atoms with van der Waals surface area (Å²) in [5.41, 5.74) is 2.00. The molecule has 4 rings (SSSR count). The minimum absolute atomic E-state index is 0.227. The molecule has 154 valence electrons. The van der Waals surface area contributed by atoms with E-state index in [1.807, 2.05) is 12.1 Å². The highest BCUT2D eigenvalue weighted by atomic mass is 35.5. The van der Waals surface area contributed by atoms with Crippen LogP contribution in [0.2, 0.25) is 5.02 Å². The van der Waals surface area contributed by atoms with E-state index in [0.29, 0.717) is 41.0 Å². The van der Waals surface area contributed by atoms with Crippen molar-refractivity contribution in [1.82, 2.24) is 19.5 Å². The fraction of sp³-hybridized carbons (Fsp3) is 0.400. The van der Waals surface area contributed by atoms with Crippen molar-refractivity contribution in [2.45, 2.75) is 31.8 Å². The molecule has 1 saturated heterocycles. The first-order chi connectivity index (χ1) is 13.8. The van der Waals surface area contributed by atoms with Crippen molar-refractivity contribution in [2.24, 2.45) is 11.8 Å². The molecule has 0 amide bonds. The third-order valence-corrected chi connectivity index (χ3v) is 7.21. The monoisotopic (exact) mass is 434 g/mol. The van der Waals surface area contributed by atoms with Crippen molar-refractivity contribution in [1.29, 1.82) is 0 Å². The van der Waals surface area contributed by atoms with Crippen LogP contribution in [0, 0.1) is 11.8 Å². The normalized spacial score (nSPS) is 20.8. The molecule has 7 nitrogen and oxygen atoms in total. The Kier molecular flexibility index (Phi) is 5.50. The Bertz CT molecular complexity index is 1100. The lowest BCUT2D eigenvalue weighted by Gasteiger charge is -2.34. The quantitative estimate of drug-likeness (QED) is 0.615. The fourth-order valence-electron chi connectivity index (χ4n) is 3.80. The smallest absolute Gasteiger partial charge is 0.243 e. The van der Waals surface area contributed by atoms with Crippen molar-refractivity contribution < 1.29 is 13.3 Å². The van der Waals surface area contributed by atoms with Crippen molar-refractivity contribution in [3.63, 3.8) is 0 Å². The Morgan fingerprint density at radius 1 is 1.10 bits per heavy atom. The van der Waals surface area contributed by atoms with Crippen LogP contribution in [0.5, 0.6) is 0 Å². The fourth-order valence-corrected chi connectivity index (χ4v) is 5.63. The van der Waals surface area contributed by atoms with Crippen LogP contribution in [0.1, 0.15) is 25.8 Å². The zero-order valence-electron chi connectivity index (χ0n) is 16.3. The second-order valence-electron chi connectivity index (χ2n) is 7.78. The van der Waals surface area contributed by atoms with Crippen LogP contribution in [-0.2, 0) is 16.6 Å².